The molecule has 1 aromatic heterocycles. The molecule has 23 heavy (non-hydrogen) atoms. The third-order valence-corrected chi connectivity index (χ3v) is 4.62. The molecule has 5 heteroatoms. The second-order valence-electron chi connectivity index (χ2n) is 6.43. The number of hydrogen-bond acceptors (Lipinski definition) is 5. The zero-order chi connectivity index (χ0) is 16.4. The molecular formula is C18H25N5. The molecule has 0 aliphatic carbocycles. The van der Waals surface area contributed by atoms with E-state index in [1.165, 1.54) is 18.4 Å². The minimum atomic E-state index is 0.343. The summed E-state index contributed by atoms with van der Waals surface area (Å²) >= 11 is 0. The number of rotatable bonds is 4. The van der Waals surface area contributed by atoms with E-state index in [2.05, 4.69) is 65.1 Å². The second-order valence-corrected chi connectivity index (χ2v) is 6.43. The van der Waals surface area contributed by atoms with Crippen LogP contribution in [0.3, 0.4) is 0 Å². The number of nitrogen functional groups attached to an aromatic ring is 1. The van der Waals surface area contributed by atoms with Crippen molar-refractivity contribution >= 4 is 11.8 Å². The summed E-state index contributed by atoms with van der Waals surface area (Å²) in [6.07, 6.45) is 2.44. The van der Waals surface area contributed by atoms with E-state index in [0.717, 1.165) is 30.2 Å². The molecule has 1 unspecified atom stereocenters. The highest BCUT2D eigenvalue weighted by Gasteiger charge is 2.16. The maximum absolute atomic E-state index is 5.93. The van der Waals surface area contributed by atoms with Crippen molar-refractivity contribution in [1.82, 2.24) is 14.9 Å². The molecule has 1 aromatic carbocycles. The normalized spacial score (nSPS) is 16.1. The first-order valence-corrected chi connectivity index (χ1v) is 8.21. The topological polar surface area (TPSA) is 58.3 Å². The van der Waals surface area contributed by atoms with Crippen LogP contribution in [0.2, 0.25) is 0 Å². The highest BCUT2D eigenvalue weighted by molar-refractivity contribution is 5.65. The summed E-state index contributed by atoms with van der Waals surface area (Å²) < 4.78 is 0. The Bertz CT molecular complexity index is 660. The summed E-state index contributed by atoms with van der Waals surface area (Å²) in [6, 6.07) is 11.0. The highest BCUT2D eigenvalue weighted by atomic mass is 15.2. The zero-order valence-electron chi connectivity index (χ0n) is 14.2. The van der Waals surface area contributed by atoms with Crippen LogP contribution in [0.15, 0.2) is 30.3 Å². The Kier molecular flexibility index (Phi) is 4.48. The molecule has 1 atom stereocenters. The van der Waals surface area contributed by atoms with E-state index >= 15 is 0 Å². The number of hydrogen-bond donors (Lipinski definition) is 1. The Hall–Kier alpha value is -2.14. The predicted molar refractivity (Wildman–Crippen MR) is 95.4 cm³/mol. The monoisotopic (exact) mass is 311 g/mol. The molecule has 2 N–H and O–H groups in total. The third kappa shape index (κ3) is 3.45. The van der Waals surface area contributed by atoms with Crippen molar-refractivity contribution in [3.8, 4) is 11.3 Å². The average Bonchev–Trinajstić information content (AvgIpc) is 3.08. The fourth-order valence-corrected chi connectivity index (χ4v) is 2.94. The Balaban J connectivity index is 1.89. The van der Waals surface area contributed by atoms with Crippen LogP contribution in [0.1, 0.15) is 31.4 Å². The van der Waals surface area contributed by atoms with Crippen molar-refractivity contribution in [2.75, 3.05) is 37.8 Å². The molecular weight excluding hydrogens is 286 g/mol. The number of nitrogens with two attached hydrogens (primary N) is 1. The van der Waals surface area contributed by atoms with Crippen LogP contribution in [0.4, 0.5) is 11.8 Å². The fraction of sp³-hybridized carbons (Fsp3) is 0.444. The summed E-state index contributed by atoms with van der Waals surface area (Å²) in [5, 5.41) is 0. The van der Waals surface area contributed by atoms with E-state index in [1.807, 2.05) is 6.07 Å². The van der Waals surface area contributed by atoms with Gasteiger partial charge in [0, 0.05) is 30.8 Å². The van der Waals surface area contributed by atoms with Gasteiger partial charge in [-0.15, -0.1) is 0 Å². The summed E-state index contributed by atoms with van der Waals surface area (Å²) in [5.41, 5.74) is 9.19. The van der Waals surface area contributed by atoms with Gasteiger partial charge in [-0.3, -0.25) is 0 Å². The molecule has 1 fully saturated rings. The van der Waals surface area contributed by atoms with Crippen molar-refractivity contribution in [2.45, 2.75) is 25.8 Å². The lowest BCUT2D eigenvalue weighted by Gasteiger charge is -2.20. The van der Waals surface area contributed by atoms with Gasteiger partial charge in [-0.05, 0) is 39.4 Å². The molecule has 122 valence electrons. The van der Waals surface area contributed by atoms with Crippen molar-refractivity contribution in [2.24, 2.45) is 0 Å². The molecule has 0 amide bonds. The molecule has 3 rings (SSSR count). The molecule has 2 aromatic rings. The average molecular weight is 311 g/mol. The zero-order valence-corrected chi connectivity index (χ0v) is 14.2. The van der Waals surface area contributed by atoms with Crippen LogP contribution in [-0.4, -0.2) is 42.1 Å². The summed E-state index contributed by atoms with van der Waals surface area (Å²) in [5.74, 6) is 1.28. The largest absolute Gasteiger partial charge is 0.368 e. The van der Waals surface area contributed by atoms with E-state index in [1.54, 1.807) is 0 Å². The minimum absolute atomic E-state index is 0.343. The van der Waals surface area contributed by atoms with Gasteiger partial charge in [-0.1, -0.05) is 24.3 Å². The van der Waals surface area contributed by atoms with Crippen molar-refractivity contribution in [1.29, 1.82) is 0 Å². The van der Waals surface area contributed by atoms with Gasteiger partial charge in [-0.25, -0.2) is 4.98 Å². The van der Waals surface area contributed by atoms with E-state index in [0.29, 0.717) is 12.0 Å². The van der Waals surface area contributed by atoms with Gasteiger partial charge in [-0.2, -0.15) is 4.98 Å². The molecule has 0 bridgehead atoms. The van der Waals surface area contributed by atoms with Crippen LogP contribution in [0.5, 0.6) is 0 Å². The predicted octanol–water partition coefficient (Wildman–Crippen LogP) is 2.95. The molecule has 0 spiro atoms. The number of benzene rings is 1. The minimum Gasteiger partial charge on any atom is -0.368 e. The Labute approximate surface area is 138 Å². The van der Waals surface area contributed by atoms with Crippen molar-refractivity contribution in [3.05, 3.63) is 35.9 Å². The van der Waals surface area contributed by atoms with Crippen LogP contribution < -0.4 is 10.6 Å². The lowest BCUT2D eigenvalue weighted by Crippen LogP contribution is -2.19. The first-order chi connectivity index (χ1) is 11.0. The fourth-order valence-electron chi connectivity index (χ4n) is 2.94. The van der Waals surface area contributed by atoms with E-state index in [-0.39, 0.29) is 0 Å². The molecule has 1 aliphatic heterocycles. The lowest BCUT2D eigenvalue weighted by atomic mass is 10.0. The van der Waals surface area contributed by atoms with E-state index in [9.17, 15) is 0 Å². The van der Waals surface area contributed by atoms with Gasteiger partial charge in [0.1, 0.15) is 5.82 Å². The van der Waals surface area contributed by atoms with Gasteiger partial charge in [0.25, 0.3) is 0 Å². The smallest absolute Gasteiger partial charge is 0.222 e. The van der Waals surface area contributed by atoms with E-state index in [4.69, 9.17) is 5.73 Å². The number of nitrogens with zero attached hydrogens (tertiary/aromatic N) is 4. The van der Waals surface area contributed by atoms with Gasteiger partial charge in [0.15, 0.2) is 0 Å². The van der Waals surface area contributed by atoms with Crippen molar-refractivity contribution < 1.29 is 0 Å². The summed E-state index contributed by atoms with van der Waals surface area (Å²) in [4.78, 5) is 13.3. The number of aromatic nitrogens is 2. The maximum Gasteiger partial charge on any atom is 0.222 e. The lowest BCUT2D eigenvalue weighted by molar-refractivity contribution is 0.321. The van der Waals surface area contributed by atoms with Gasteiger partial charge >= 0.3 is 0 Å². The standard InChI is InChI=1S/C18H25N5/c1-13(22(2)3)14-6-8-15(9-7-14)16-12-17(21-18(19)20-16)23-10-4-5-11-23/h6-9,12-13H,4-5,10-11H2,1-3H3,(H2,19,20,21). The quantitative estimate of drug-likeness (QED) is 0.941. The maximum atomic E-state index is 5.93. The summed E-state index contributed by atoms with van der Waals surface area (Å²) in [6.45, 7) is 4.30. The van der Waals surface area contributed by atoms with Crippen molar-refractivity contribution in [3.63, 3.8) is 0 Å². The van der Waals surface area contributed by atoms with Gasteiger partial charge < -0.3 is 15.5 Å². The van der Waals surface area contributed by atoms with Crippen LogP contribution >= 0.6 is 0 Å². The Morgan fingerprint density at radius 2 is 1.74 bits per heavy atom. The molecule has 1 aliphatic rings. The second kappa shape index (κ2) is 6.54. The van der Waals surface area contributed by atoms with Crippen LogP contribution in [0, 0.1) is 0 Å². The molecule has 1 saturated heterocycles. The molecule has 5 nitrogen and oxygen atoms in total. The first kappa shape index (κ1) is 15.7. The molecule has 2 heterocycles. The summed E-state index contributed by atoms with van der Waals surface area (Å²) in [7, 11) is 4.18. The van der Waals surface area contributed by atoms with Gasteiger partial charge in [0.05, 0.1) is 5.69 Å². The number of anilines is 2. The SMILES string of the molecule is CC(c1ccc(-c2cc(N3CCCC3)nc(N)n2)cc1)N(C)C. The molecule has 0 radical (unpaired) electrons. The Morgan fingerprint density at radius 1 is 1.09 bits per heavy atom. The van der Waals surface area contributed by atoms with E-state index < -0.39 is 0 Å². The first-order valence-electron chi connectivity index (χ1n) is 8.21. The van der Waals surface area contributed by atoms with Crippen LogP contribution in [-0.2, 0) is 0 Å². The van der Waals surface area contributed by atoms with Gasteiger partial charge in [0.2, 0.25) is 5.95 Å². The Morgan fingerprint density at radius 3 is 2.35 bits per heavy atom. The molecule has 0 saturated carbocycles. The third-order valence-electron chi connectivity index (χ3n) is 4.62. The highest BCUT2D eigenvalue weighted by Crippen LogP contribution is 2.26. The van der Waals surface area contributed by atoms with Crippen LogP contribution in [0.25, 0.3) is 11.3 Å².